The smallest absolute Gasteiger partial charge is 0.0822 e. The molecule has 0 aromatic carbocycles. The Morgan fingerprint density at radius 3 is 2.75 bits per heavy atom. The Balaban J connectivity index is 2.53. The molecule has 0 spiro atoms. The summed E-state index contributed by atoms with van der Waals surface area (Å²) in [6, 6.07) is 2.16. The lowest BCUT2D eigenvalue weighted by molar-refractivity contribution is 0.466. The highest BCUT2D eigenvalue weighted by Crippen LogP contribution is 2.23. The normalized spacial score (nSPS) is 12.9. The molecule has 0 amide bonds. The van der Waals surface area contributed by atoms with Crippen molar-refractivity contribution in [3.05, 3.63) is 23.5 Å². The van der Waals surface area contributed by atoms with E-state index in [1.54, 1.807) is 12.4 Å². The molecule has 4 heteroatoms. The van der Waals surface area contributed by atoms with E-state index in [2.05, 4.69) is 23.7 Å². The molecule has 0 saturated heterocycles. The van der Waals surface area contributed by atoms with Gasteiger partial charge in [0, 0.05) is 32.0 Å². The van der Waals surface area contributed by atoms with Crippen molar-refractivity contribution >= 4 is 17.3 Å². The molecule has 1 heterocycles. The average molecular weight is 242 g/mol. The van der Waals surface area contributed by atoms with Crippen LogP contribution in [0, 0.1) is 5.92 Å². The van der Waals surface area contributed by atoms with Crippen molar-refractivity contribution in [3.63, 3.8) is 0 Å². The zero-order chi connectivity index (χ0) is 12.1. The van der Waals surface area contributed by atoms with Crippen LogP contribution in [-0.2, 0) is 0 Å². The maximum absolute atomic E-state index is 6.06. The van der Waals surface area contributed by atoms with Crippen LogP contribution in [0.1, 0.15) is 20.3 Å². The molecule has 1 aromatic heterocycles. The molecule has 0 aliphatic rings. The zero-order valence-electron chi connectivity index (χ0n) is 10.2. The van der Waals surface area contributed by atoms with Crippen molar-refractivity contribution in [2.24, 2.45) is 11.7 Å². The highest BCUT2D eigenvalue weighted by Gasteiger charge is 2.10. The minimum absolute atomic E-state index is 0.239. The number of halogens is 1. The summed E-state index contributed by atoms with van der Waals surface area (Å²) >= 11 is 6.06. The van der Waals surface area contributed by atoms with E-state index in [0.717, 1.165) is 18.7 Å². The van der Waals surface area contributed by atoms with Crippen molar-refractivity contribution in [1.82, 2.24) is 4.98 Å². The quantitative estimate of drug-likeness (QED) is 0.862. The SMILES string of the molecule is CC(C)C(N)CCN(C)c1ccncc1Cl. The fourth-order valence-corrected chi connectivity index (χ4v) is 1.74. The van der Waals surface area contributed by atoms with Crippen molar-refractivity contribution in [1.29, 1.82) is 0 Å². The molecule has 0 aliphatic carbocycles. The number of nitrogens with two attached hydrogens (primary N) is 1. The van der Waals surface area contributed by atoms with Crippen LogP contribution in [-0.4, -0.2) is 24.6 Å². The summed E-state index contributed by atoms with van der Waals surface area (Å²) in [4.78, 5) is 6.08. The first-order valence-corrected chi connectivity index (χ1v) is 5.96. The van der Waals surface area contributed by atoms with Gasteiger partial charge in [-0.3, -0.25) is 4.98 Å². The van der Waals surface area contributed by atoms with E-state index in [4.69, 9.17) is 17.3 Å². The standard InChI is InChI=1S/C12H20ClN3/c1-9(2)11(14)5-7-16(3)12-4-6-15-8-10(12)13/h4,6,8-9,11H,5,7,14H2,1-3H3. The molecule has 1 aromatic rings. The predicted octanol–water partition coefficient (Wildman–Crippen LogP) is 2.54. The average Bonchev–Trinajstić information content (AvgIpc) is 2.25. The van der Waals surface area contributed by atoms with E-state index < -0.39 is 0 Å². The third-order valence-electron chi connectivity index (χ3n) is 2.82. The van der Waals surface area contributed by atoms with Crippen LogP contribution in [0.3, 0.4) is 0 Å². The topological polar surface area (TPSA) is 42.1 Å². The first kappa shape index (κ1) is 13.3. The van der Waals surface area contributed by atoms with Gasteiger partial charge in [0.15, 0.2) is 0 Å². The Kier molecular flexibility index (Phi) is 5.03. The Hall–Kier alpha value is -0.800. The summed E-state index contributed by atoms with van der Waals surface area (Å²) in [5, 5.41) is 0.683. The number of aromatic nitrogens is 1. The van der Waals surface area contributed by atoms with Crippen LogP contribution in [0.5, 0.6) is 0 Å². The summed E-state index contributed by atoms with van der Waals surface area (Å²) in [6.45, 7) is 5.19. The molecule has 0 bridgehead atoms. The molecule has 0 saturated carbocycles. The lowest BCUT2D eigenvalue weighted by atomic mass is 10.0. The second-order valence-corrected chi connectivity index (χ2v) is 4.85. The molecular weight excluding hydrogens is 222 g/mol. The van der Waals surface area contributed by atoms with Gasteiger partial charge in [-0.1, -0.05) is 25.4 Å². The number of hydrogen-bond acceptors (Lipinski definition) is 3. The van der Waals surface area contributed by atoms with Crippen molar-refractivity contribution in [2.45, 2.75) is 26.3 Å². The molecule has 1 atom stereocenters. The second kappa shape index (κ2) is 6.06. The van der Waals surface area contributed by atoms with E-state index in [0.29, 0.717) is 10.9 Å². The molecular formula is C12H20ClN3. The maximum Gasteiger partial charge on any atom is 0.0822 e. The Labute approximate surface area is 103 Å². The lowest BCUT2D eigenvalue weighted by Gasteiger charge is -2.23. The van der Waals surface area contributed by atoms with E-state index >= 15 is 0 Å². The fraction of sp³-hybridized carbons (Fsp3) is 0.583. The molecule has 0 aliphatic heterocycles. The summed E-state index contributed by atoms with van der Waals surface area (Å²) < 4.78 is 0. The fourth-order valence-electron chi connectivity index (χ4n) is 1.47. The summed E-state index contributed by atoms with van der Waals surface area (Å²) in [5.41, 5.74) is 7.02. The molecule has 16 heavy (non-hydrogen) atoms. The van der Waals surface area contributed by atoms with Crippen molar-refractivity contribution in [3.8, 4) is 0 Å². The number of anilines is 1. The molecule has 3 nitrogen and oxygen atoms in total. The maximum atomic E-state index is 6.06. The van der Waals surface area contributed by atoms with E-state index in [1.807, 2.05) is 13.1 Å². The van der Waals surface area contributed by atoms with Gasteiger partial charge < -0.3 is 10.6 Å². The van der Waals surface area contributed by atoms with Gasteiger partial charge in [-0.05, 0) is 18.4 Å². The number of hydrogen-bond donors (Lipinski definition) is 1. The van der Waals surface area contributed by atoms with Crippen LogP contribution in [0.25, 0.3) is 0 Å². The van der Waals surface area contributed by atoms with Crippen LogP contribution in [0.15, 0.2) is 18.5 Å². The largest absolute Gasteiger partial charge is 0.373 e. The second-order valence-electron chi connectivity index (χ2n) is 4.45. The zero-order valence-corrected chi connectivity index (χ0v) is 10.9. The highest BCUT2D eigenvalue weighted by molar-refractivity contribution is 6.33. The van der Waals surface area contributed by atoms with Crippen molar-refractivity contribution < 1.29 is 0 Å². The predicted molar refractivity (Wildman–Crippen MR) is 69.9 cm³/mol. The molecule has 1 rings (SSSR count). The van der Waals surface area contributed by atoms with Crippen LogP contribution in [0.4, 0.5) is 5.69 Å². The Bertz CT molecular complexity index is 328. The highest BCUT2D eigenvalue weighted by atomic mass is 35.5. The van der Waals surface area contributed by atoms with Crippen LogP contribution < -0.4 is 10.6 Å². The minimum Gasteiger partial charge on any atom is -0.373 e. The first-order valence-electron chi connectivity index (χ1n) is 5.58. The minimum atomic E-state index is 0.239. The van der Waals surface area contributed by atoms with Gasteiger partial charge in [0.25, 0.3) is 0 Å². The number of pyridine rings is 1. The van der Waals surface area contributed by atoms with Gasteiger partial charge in [0.1, 0.15) is 0 Å². The summed E-state index contributed by atoms with van der Waals surface area (Å²) in [6.07, 6.45) is 4.38. The van der Waals surface area contributed by atoms with Gasteiger partial charge in [-0.2, -0.15) is 0 Å². The molecule has 0 radical (unpaired) electrons. The van der Waals surface area contributed by atoms with Gasteiger partial charge in [0.05, 0.1) is 10.7 Å². The van der Waals surface area contributed by atoms with Gasteiger partial charge in [0.2, 0.25) is 0 Å². The summed E-state index contributed by atoms with van der Waals surface area (Å²) in [5.74, 6) is 0.515. The van der Waals surface area contributed by atoms with E-state index in [9.17, 15) is 0 Å². The van der Waals surface area contributed by atoms with Crippen LogP contribution in [0.2, 0.25) is 5.02 Å². The monoisotopic (exact) mass is 241 g/mol. The first-order chi connectivity index (χ1) is 7.52. The summed E-state index contributed by atoms with van der Waals surface area (Å²) in [7, 11) is 2.02. The van der Waals surface area contributed by atoms with E-state index in [-0.39, 0.29) is 6.04 Å². The van der Waals surface area contributed by atoms with Crippen LogP contribution >= 0.6 is 11.6 Å². The van der Waals surface area contributed by atoms with E-state index in [1.165, 1.54) is 0 Å². The molecule has 1 unspecified atom stereocenters. The Morgan fingerprint density at radius 1 is 1.50 bits per heavy atom. The third-order valence-corrected chi connectivity index (χ3v) is 3.11. The lowest BCUT2D eigenvalue weighted by Crippen LogP contribution is -2.31. The third kappa shape index (κ3) is 3.65. The molecule has 0 fully saturated rings. The molecule has 90 valence electrons. The number of nitrogens with zero attached hydrogens (tertiary/aromatic N) is 2. The number of rotatable bonds is 5. The van der Waals surface area contributed by atoms with Crippen molar-refractivity contribution in [2.75, 3.05) is 18.5 Å². The molecule has 2 N–H and O–H groups in total. The van der Waals surface area contributed by atoms with Gasteiger partial charge in [-0.15, -0.1) is 0 Å². The van der Waals surface area contributed by atoms with Gasteiger partial charge in [-0.25, -0.2) is 0 Å². The van der Waals surface area contributed by atoms with Gasteiger partial charge >= 0.3 is 0 Å². The Morgan fingerprint density at radius 2 is 2.19 bits per heavy atom.